The number of aliphatic imine (C=N–C) groups is 1. The Labute approximate surface area is 106 Å². The van der Waals surface area contributed by atoms with E-state index in [4.69, 9.17) is 0 Å². The highest BCUT2D eigenvalue weighted by molar-refractivity contribution is 5.55. The Morgan fingerprint density at radius 2 is 1.84 bits per heavy atom. The quantitative estimate of drug-likeness (QED) is 0.494. The molecule has 0 amide bonds. The molecule has 0 atom stereocenters. The molecule has 0 saturated heterocycles. The molecule has 1 aromatic rings. The van der Waals surface area contributed by atoms with Crippen LogP contribution in [0.5, 0.6) is 11.5 Å². The molecule has 2 N–H and O–H groups in total. The summed E-state index contributed by atoms with van der Waals surface area (Å²) in [5, 5.41) is 19.2. The molecule has 1 saturated carbocycles. The van der Waals surface area contributed by atoms with Crippen LogP contribution in [-0.4, -0.2) is 16.3 Å². The lowest BCUT2D eigenvalue weighted by Crippen LogP contribution is -2.32. The average Bonchev–Trinajstić information content (AvgIpc) is 2.26. The first kappa shape index (κ1) is 13.4. The molecule has 0 heterocycles. The molecule has 0 aromatic heterocycles. The van der Waals surface area contributed by atoms with Gasteiger partial charge in [-0.05, 0) is 25.3 Å². The summed E-state index contributed by atoms with van der Waals surface area (Å²) in [5.74, 6) is -2.12. The van der Waals surface area contributed by atoms with E-state index >= 15 is 0 Å². The fourth-order valence-corrected chi connectivity index (χ4v) is 2.22. The third kappa shape index (κ3) is 2.06. The molecule has 0 bridgehead atoms. The Morgan fingerprint density at radius 3 is 2.26 bits per heavy atom. The normalized spacial score (nSPS) is 17.4. The number of benzene rings is 1. The fraction of sp³-hybridized carbons (Fsp3) is 0.417. The Balaban J connectivity index is 2.56. The molecule has 4 nitrogen and oxygen atoms in total. The van der Waals surface area contributed by atoms with Crippen LogP contribution >= 0.6 is 0 Å². The van der Waals surface area contributed by atoms with Crippen LogP contribution in [0.3, 0.4) is 0 Å². The largest absolute Gasteiger partial charge is 0.504 e. The van der Waals surface area contributed by atoms with E-state index in [1.165, 1.54) is 6.08 Å². The zero-order valence-corrected chi connectivity index (χ0v) is 9.66. The zero-order valence-electron chi connectivity index (χ0n) is 9.66. The van der Waals surface area contributed by atoms with Gasteiger partial charge in [0.25, 0.3) is 0 Å². The molecular formula is C12H10F3NO3. The van der Waals surface area contributed by atoms with Crippen molar-refractivity contribution in [2.24, 2.45) is 4.99 Å². The molecule has 19 heavy (non-hydrogen) atoms. The monoisotopic (exact) mass is 273 g/mol. The van der Waals surface area contributed by atoms with Crippen LogP contribution in [0, 0.1) is 0 Å². The molecule has 0 spiro atoms. The lowest BCUT2D eigenvalue weighted by atomic mass is 9.72. The SMILES string of the molecule is O=C=NC1(c2ccc(C(F)(F)F)c(O)c2O)CCC1. The van der Waals surface area contributed by atoms with Gasteiger partial charge in [-0.15, -0.1) is 0 Å². The smallest absolute Gasteiger partial charge is 0.420 e. The van der Waals surface area contributed by atoms with Crippen molar-refractivity contribution in [2.45, 2.75) is 31.0 Å². The maximum Gasteiger partial charge on any atom is 0.420 e. The Hall–Kier alpha value is -2.01. The van der Waals surface area contributed by atoms with Gasteiger partial charge in [0.2, 0.25) is 6.08 Å². The van der Waals surface area contributed by atoms with E-state index in [0.29, 0.717) is 18.9 Å². The van der Waals surface area contributed by atoms with Crippen LogP contribution in [0.25, 0.3) is 0 Å². The van der Waals surface area contributed by atoms with Crippen molar-refractivity contribution < 1.29 is 28.2 Å². The molecular weight excluding hydrogens is 263 g/mol. The van der Waals surface area contributed by atoms with E-state index in [9.17, 15) is 28.2 Å². The number of alkyl halides is 3. The van der Waals surface area contributed by atoms with Gasteiger partial charge in [-0.2, -0.15) is 18.2 Å². The highest BCUT2D eigenvalue weighted by Crippen LogP contribution is 2.52. The predicted octanol–water partition coefficient (Wildman–Crippen LogP) is 2.83. The molecule has 1 fully saturated rings. The van der Waals surface area contributed by atoms with Crippen LogP contribution in [-0.2, 0) is 16.5 Å². The summed E-state index contributed by atoms with van der Waals surface area (Å²) in [5.41, 5.74) is -2.36. The van der Waals surface area contributed by atoms with Crippen molar-refractivity contribution in [3.63, 3.8) is 0 Å². The highest BCUT2D eigenvalue weighted by Gasteiger charge is 2.43. The number of nitrogens with zero attached hydrogens (tertiary/aromatic N) is 1. The van der Waals surface area contributed by atoms with Crippen molar-refractivity contribution in [3.8, 4) is 11.5 Å². The van der Waals surface area contributed by atoms with Gasteiger partial charge in [0.05, 0.1) is 0 Å². The lowest BCUT2D eigenvalue weighted by Gasteiger charge is -2.37. The number of carbonyl (C=O) groups excluding carboxylic acids is 1. The van der Waals surface area contributed by atoms with E-state index in [1.807, 2.05) is 0 Å². The number of rotatable bonds is 2. The number of hydrogen-bond donors (Lipinski definition) is 2. The summed E-state index contributed by atoms with van der Waals surface area (Å²) < 4.78 is 37.6. The summed E-state index contributed by atoms with van der Waals surface area (Å²) in [6.45, 7) is 0. The van der Waals surface area contributed by atoms with Crippen molar-refractivity contribution in [2.75, 3.05) is 0 Å². The molecule has 1 aliphatic carbocycles. The molecule has 0 aliphatic heterocycles. The number of isocyanates is 1. The van der Waals surface area contributed by atoms with E-state index in [2.05, 4.69) is 4.99 Å². The first-order chi connectivity index (χ1) is 8.82. The van der Waals surface area contributed by atoms with Gasteiger partial charge in [-0.25, -0.2) is 4.79 Å². The molecule has 1 aliphatic rings. The number of phenolic OH excluding ortho intramolecular Hbond substituents is 2. The van der Waals surface area contributed by atoms with Crippen molar-refractivity contribution in [1.82, 2.24) is 0 Å². The molecule has 102 valence electrons. The minimum atomic E-state index is -4.76. The minimum Gasteiger partial charge on any atom is -0.504 e. The van der Waals surface area contributed by atoms with Gasteiger partial charge >= 0.3 is 6.18 Å². The molecule has 1 aromatic carbocycles. The average molecular weight is 273 g/mol. The zero-order chi connectivity index (χ0) is 14.3. The Kier molecular flexibility index (Phi) is 3.02. The van der Waals surface area contributed by atoms with Crippen LogP contribution in [0.4, 0.5) is 13.2 Å². The lowest BCUT2D eigenvalue weighted by molar-refractivity contribution is -0.138. The first-order valence-corrected chi connectivity index (χ1v) is 5.53. The van der Waals surface area contributed by atoms with Gasteiger partial charge in [0.15, 0.2) is 11.5 Å². The second-order valence-electron chi connectivity index (χ2n) is 4.44. The summed E-state index contributed by atoms with van der Waals surface area (Å²) in [7, 11) is 0. The maximum atomic E-state index is 12.5. The van der Waals surface area contributed by atoms with Gasteiger partial charge in [-0.3, -0.25) is 0 Å². The van der Waals surface area contributed by atoms with Gasteiger partial charge in [0, 0.05) is 5.56 Å². The molecule has 0 radical (unpaired) electrons. The van der Waals surface area contributed by atoms with Gasteiger partial charge in [-0.1, -0.05) is 6.07 Å². The van der Waals surface area contributed by atoms with Crippen molar-refractivity contribution >= 4 is 6.08 Å². The maximum absolute atomic E-state index is 12.5. The second kappa shape index (κ2) is 4.28. The van der Waals surface area contributed by atoms with Crippen LogP contribution < -0.4 is 0 Å². The van der Waals surface area contributed by atoms with Gasteiger partial charge in [0.1, 0.15) is 11.1 Å². The van der Waals surface area contributed by atoms with Crippen molar-refractivity contribution in [1.29, 1.82) is 0 Å². The van der Waals surface area contributed by atoms with E-state index in [1.54, 1.807) is 0 Å². The Morgan fingerprint density at radius 1 is 1.21 bits per heavy atom. The van der Waals surface area contributed by atoms with Gasteiger partial charge < -0.3 is 10.2 Å². The third-order valence-electron chi connectivity index (χ3n) is 3.40. The highest BCUT2D eigenvalue weighted by atomic mass is 19.4. The number of halogens is 3. The first-order valence-electron chi connectivity index (χ1n) is 5.53. The molecule has 7 heteroatoms. The van der Waals surface area contributed by atoms with Crippen molar-refractivity contribution in [3.05, 3.63) is 23.3 Å². The fourth-order valence-electron chi connectivity index (χ4n) is 2.22. The second-order valence-corrected chi connectivity index (χ2v) is 4.44. The topological polar surface area (TPSA) is 69.9 Å². The Bertz CT molecular complexity index is 558. The summed E-state index contributed by atoms with van der Waals surface area (Å²) in [6.07, 6.45) is -1.84. The summed E-state index contributed by atoms with van der Waals surface area (Å²) in [6, 6.07) is 1.71. The summed E-state index contributed by atoms with van der Waals surface area (Å²) >= 11 is 0. The summed E-state index contributed by atoms with van der Waals surface area (Å²) in [4.78, 5) is 14.0. The van der Waals surface area contributed by atoms with E-state index in [-0.39, 0.29) is 5.56 Å². The van der Waals surface area contributed by atoms with E-state index < -0.39 is 28.8 Å². The minimum absolute atomic E-state index is 0.0209. The van der Waals surface area contributed by atoms with Crippen LogP contribution in [0.15, 0.2) is 17.1 Å². The number of hydrogen-bond acceptors (Lipinski definition) is 4. The van der Waals surface area contributed by atoms with Crippen LogP contribution in [0.2, 0.25) is 0 Å². The molecule has 0 unspecified atom stereocenters. The number of aromatic hydroxyl groups is 2. The standard InChI is InChI=1S/C12H10F3NO3/c13-12(14,15)8-3-2-7(9(18)10(8)19)11(16-6-17)4-1-5-11/h2-3,18-19H,1,4-5H2. The van der Waals surface area contributed by atoms with E-state index in [0.717, 1.165) is 12.5 Å². The third-order valence-corrected chi connectivity index (χ3v) is 3.40. The number of phenols is 2. The van der Waals surface area contributed by atoms with Crippen LogP contribution in [0.1, 0.15) is 30.4 Å². The molecule has 2 rings (SSSR count). The predicted molar refractivity (Wildman–Crippen MR) is 58.4 cm³/mol.